The zero-order valence-corrected chi connectivity index (χ0v) is 12.2. The van der Waals surface area contributed by atoms with Crippen molar-refractivity contribution >= 4 is 45.7 Å². The molecule has 19 heavy (non-hydrogen) atoms. The molecule has 3 rings (SSSR count). The second-order valence-electron chi connectivity index (χ2n) is 4.02. The van der Waals surface area contributed by atoms with E-state index in [1.165, 1.54) is 0 Å². The first-order valence-electron chi connectivity index (χ1n) is 5.72. The van der Waals surface area contributed by atoms with Crippen molar-refractivity contribution in [1.29, 1.82) is 0 Å². The van der Waals surface area contributed by atoms with Crippen LogP contribution in [0.4, 0.5) is 0 Å². The first kappa shape index (κ1) is 12.8. The minimum Gasteiger partial charge on any atom is -0.307 e. The first-order chi connectivity index (χ1) is 9.28. The molecule has 0 fully saturated rings. The number of fused-ring (bicyclic) bond motifs is 1. The Balaban J connectivity index is 2.10. The highest BCUT2D eigenvalue weighted by Crippen LogP contribution is 2.21. The number of aromatic nitrogens is 4. The topological polar surface area (TPSA) is 43.6 Å². The number of imidazole rings is 1. The fourth-order valence-electron chi connectivity index (χ4n) is 1.95. The van der Waals surface area contributed by atoms with Crippen LogP contribution in [0.25, 0.3) is 11.2 Å². The van der Waals surface area contributed by atoms with Crippen molar-refractivity contribution in [2.24, 2.45) is 0 Å². The Morgan fingerprint density at radius 3 is 2.95 bits per heavy atom. The highest BCUT2D eigenvalue weighted by atomic mass is 35.5. The van der Waals surface area contributed by atoms with E-state index < -0.39 is 0 Å². The summed E-state index contributed by atoms with van der Waals surface area (Å²) < 4.78 is 2.07. The lowest BCUT2D eigenvalue weighted by Crippen LogP contribution is -2.05. The predicted octanol–water partition coefficient (Wildman–Crippen LogP) is 3.37. The van der Waals surface area contributed by atoms with E-state index in [0.717, 1.165) is 21.9 Å². The molecular weight excluding hydrogens is 303 g/mol. The number of hydrogen-bond acceptors (Lipinski definition) is 4. The summed E-state index contributed by atoms with van der Waals surface area (Å²) in [7, 11) is 0. The van der Waals surface area contributed by atoms with E-state index in [4.69, 9.17) is 23.2 Å². The van der Waals surface area contributed by atoms with Crippen LogP contribution in [0.1, 0.15) is 10.7 Å². The molecule has 3 heterocycles. The van der Waals surface area contributed by atoms with Crippen molar-refractivity contribution < 1.29 is 0 Å². The Hall–Kier alpha value is -1.17. The summed E-state index contributed by atoms with van der Waals surface area (Å²) in [6.07, 6.45) is 4.20. The molecule has 0 spiro atoms. The number of alkyl halides is 1. The molecule has 0 saturated carbocycles. The van der Waals surface area contributed by atoms with Crippen LogP contribution in [0, 0.1) is 0 Å². The van der Waals surface area contributed by atoms with Gasteiger partial charge in [-0.25, -0.2) is 9.97 Å². The smallest absolute Gasteiger partial charge is 0.160 e. The second kappa shape index (κ2) is 5.45. The molecule has 98 valence electrons. The number of thiazole rings is 1. The fraction of sp³-hybridized carbons (Fsp3) is 0.250. The Kier molecular flexibility index (Phi) is 3.68. The van der Waals surface area contributed by atoms with Gasteiger partial charge >= 0.3 is 0 Å². The SMILES string of the molecule is ClCCc1nc2cc(Cl)cnc2n1Cc1cncs1. The quantitative estimate of drug-likeness (QED) is 0.694. The van der Waals surface area contributed by atoms with Gasteiger partial charge in [-0.15, -0.1) is 22.9 Å². The third kappa shape index (κ3) is 2.59. The molecule has 0 saturated heterocycles. The van der Waals surface area contributed by atoms with E-state index in [1.54, 1.807) is 17.5 Å². The summed E-state index contributed by atoms with van der Waals surface area (Å²) in [5, 5.41) is 0.590. The Morgan fingerprint density at radius 1 is 1.32 bits per heavy atom. The van der Waals surface area contributed by atoms with E-state index in [9.17, 15) is 0 Å². The van der Waals surface area contributed by atoms with Crippen LogP contribution in [0.2, 0.25) is 5.02 Å². The summed E-state index contributed by atoms with van der Waals surface area (Å²) in [5.41, 5.74) is 3.45. The standard InChI is InChI=1S/C12H10Cl2N4S/c13-2-1-11-17-10-3-8(14)4-16-12(10)18(11)6-9-5-15-7-19-9/h3-5,7H,1-2,6H2. The normalized spacial score (nSPS) is 11.3. The first-order valence-corrected chi connectivity index (χ1v) is 7.51. The van der Waals surface area contributed by atoms with E-state index in [1.807, 2.05) is 17.8 Å². The molecule has 0 aliphatic rings. The van der Waals surface area contributed by atoms with Gasteiger partial charge < -0.3 is 4.57 Å². The number of rotatable bonds is 4. The van der Waals surface area contributed by atoms with Crippen LogP contribution >= 0.6 is 34.5 Å². The highest BCUT2D eigenvalue weighted by molar-refractivity contribution is 7.09. The van der Waals surface area contributed by atoms with Gasteiger partial charge in [0.1, 0.15) is 11.3 Å². The van der Waals surface area contributed by atoms with E-state index in [2.05, 4.69) is 19.5 Å². The van der Waals surface area contributed by atoms with Gasteiger partial charge in [0.15, 0.2) is 5.65 Å². The number of halogens is 2. The third-order valence-corrected chi connectivity index (χ3v) is 3.91. The van der Waals surface area contributed by atoms with E-state index in [0.29, 0.717) is 23.9 Å². The van der Waals surface area contributed by atoms with Crippen molar-refractivity contribution in [3.05, 3.63) is 39.7 Å². The van der Waals surface area contributed by atoms with Crippen LogP contribution in [0.5, 0.6) is 0 Å². The molecule has 7 heteroatoms. The number of hydrogen-bond donors (Lipinski definition) is 0. The Labute approximate surface area is 124 Å². The minimum atomic E-state index is 0.528. The van der Waals surface area contributed by atoms with Gasteiger partial charge in [0.05, 0.1) is 17.1 Å². The number of aryl methyl sites for hydroxylation is 1. The zero-order chi connectivity index (χ0) is 13.2. The van der Waals surface area contributed by atoms with Gasteiger partial charge in [-0.3, -0.25) is 4.98 Å². The van der Waals surface area contributed by atoms with E-state index in [-0.39, 0.29) is 0 Å². The predicted molar refractivity (Wildman–Crippen MR) is 78.2 cm³/mol. The third-order valence-electron chi connectivity index (χ3n) is 2.75. The zero-order valence-electron chi connectivity index (χ0n) is 9.88. The maximum absolute atomic E-state index is 5.95. The highest BCUT2D eigenvalue weighted by Gasteiger charge is 2.12. The average Bonchev–Trinajstić information content (AvgIpc) is 2.99. The van der Waals surface area contributed by atoms with Crippen molar-refractivity contribution in [3.63, 3.8) is 0 Å². The van der Waals surface area contributed by atoms with Crippen molar-refractivity contribution in [1.82, 2.24) is 19.5 Å². The molecule has 0 bridgehead atoms. The van der Waals surface area contributed by atoms with Crippen LogP contribution in [-0.4, -0.2) is 25.4 Å². The maximum atomic E-state index is 5.95. The molecule has 3 aromatic rings. The molecule has 0 aliphatic heterocycles. The van der Waals surface area contributed by atoms with Gasteiger partial charge in [-0.2, -0.15) is 0 Å². The average molecular weight is 313 g/mol. The summed E-state index contributed by atoms with van der Waals surface area (Å²) >= 11 is 13.4. The van der Waals surface area contributed by atoms with Crippen LogP contribution in [0.15, 0.2) is 24.0 Å². The Bertz CT molecular complexity index is 693. The molecule has 3 aromatic heterocycles. The van der Waals surface area contributed by atoms with Crippen molar-refractivity contribution in [3.8, 4) is 0 Å². The lowest BCUT2D eigenvalue weighted by atomic mass is 10.4. The van der Waals surface area contributed by atoms with Crippen LogP contribution in [-0.2, 0) is 13.0 Å². The van der Waals surface area contributed by atoms with Gasteiger partial charge in [-0.1, -0.05) is 11.6 Å². The molecule has 0 unspecified atom stereocenters. The van der Waals surface area contributed by atoms with E-state index >= 15 is 0 Å². The van der Waals surface area contributed by atoms with Gasteiger partial charge in [0, 0.05) is 29.6 Å². The molecular formula is C12H10Cl2N4S. The Morgan fingerprint density at radius 2 is 2.21 bits per heavy atom. The van der Waals surface area contributed by atoms with Crippen LogP contribution in [0.3, 0.4) is 0 Å². The summed E-state index contributed by atoms with van der Waals surface area (Å²) in [4.78, 5) is 14.2. The minimum absolute atomic E-state index is 0.528. The largest absolute Gasteiger partial charge is 0.307 e. The molecule has 0 aliphatic carbocycles. The van der Waals surface area contributed by atoms with Crippen molar-refractivity contribution in [2.45, 2.75) is 13.0 Å². The molecule has 0 amide bonds. The van der Waals surface area contributed by atoms with Crippen molar-refractivity contribution in [2.75, 3.05) is 5.88 Å². The number of pyridine rings is 1. The van der Waals surface area contributed by atoms with Gasteiger partial charge in [0.2, 0.25) is 0 Å². The lowest BCUT2D eigenvalue weighted by molar-refractivity contribution is 0.755. The molecule has 0 atom stereocenters. The lowest BCUT2D eigenvalue weighted by Gasteiger charge is -2.05. The fourth-order valence-corrected chi connectivity index (χ4v) is 2.85. The summed E-state index contributed by atoms with van der Waals surface area (Å²) in [6, 6.07) is 1.82. The number of nitrogens with zero attached hydrogens (tertiary/aromatic N) is 4. The molecule has 0 radical (unpaired) electrons. The van der Waals surface area contributed by atoms with Crippen LogP contribution < -0.4 is 0 Å². The molecule has 0 aromatic carbocycles. The monoisotopic (exact) mass is 312 g/mol. The van der Waals surface area contributed by atoms with Gasteiger partial charge in [-0.05, 0) is 6.07 Å². The van der Waals surface area contributed by atoms with Gasteiger partial charge in [0.25, 0.3) is 0 Å². The summed E-state index contributed by atoms with van der Waals surface area (Å²) in [5.74, 6) is 1.45. The second-order valence-corrected chi connectivity index (χ2v) is 5.80. The molecule has 0 N–H and O–H groups in total. The summed E-state index contributed by atoms with van der Waals surface area (Å²) in [6.45, 7) is 0.710. The molecule has 4 nitrogen and oxygen atoms in total. The maximum Gasteiger partial charge on any atom is 0.160 e.